The van der Waals surface area contributed by atoms with Crippen LogP contribution in [0.2, 0.25) is 0 Å². The average Bonchev–Trinajstić information content (AvgIpc) is 2.71. The van der Waals surface area contributed by atoms with Crippen LogP contribution in [0.15, 0.2) is 24.5 Å². The highest BCUT2D eigenvalue weighted by Crippen LogP contribution is 2.43. The Kier molecular flexibility index (Phi) is 6.91. The van der Waals surface area contributed by atoms with Crippen molar-refractivity contribution >= 4 is 11.8 Å². The zero-order valence-electron chi connectivity index (χ0n) is 17.8. The number of aliphatic hydroxyl groups excluding tert-OH is 1. The van der Waals surface area contributed by atoms with Crippen molar-refractivity contribution < 1.29 is 36.2 Å². The third-order valence-electron chi connectivity index (χ3n) is 5.53. The van der Waals surface area contributed by atoms with E-state index in [1.807, 2.05) is 0 Å². The number of ether oxygens (including phenoxy) is 1. The molecule has 0 unspecified atom stereocenters. The first-order valence-electron chi connectivity index (χ1n) is 10.0. The summed E-state index contributed by atoms with van der Waals surface area (Å²) in [6, 6.07) is 2.66. The lowest BCUT2D eigenvalue weighted by atomic mass is 9.64. The molecule has 182 valence electrons. The van der Waals surface area contributed by atoms with Crippen LogP contribution in [0.5, 0.6) is 5.88 Å². The number of pyridine rings is 1. The highest BCUT2D eigenvalue weighted by molar-refractivity contribution is 5.50. The molecule has 0 radical (unpaired) electrons. The van der Waals surface area contributed by atoms with Gasteiger partial charge in [0.1, 0.15) is 11.4 Å². The molecule has 0 spiro atoms. The number of anilines is 2. The van der Waals surface area contributed by atoms with Gasteiger partial charge in [-0.2, -0.15) is 31.3 Å². The number of nitrogens with one attached hydrogen (secondary N) is 2. The van der Waals surface area contributed by atoms with Crippen LogP contribution in [-0.4, -0.2) is 45.0 Å². The van der Waals surface area contributed by atoms with Gasteiger partial charge in [-0.25, -0.2) is 9.97 Å². The van der Waals surface area contributed by atoms with E-state index < -0.39 is 54.3 Å². The normalized spacial score (nSPS) is 20.2. The van der Waals surface area contributed by atoms with Gasteiger partial charge in [0.2, 0.25) is 11.8 Å². The van der Waals surface area contributed by atoms with E-state index in [-0.39, 0.29) is 24.8 Å². The van der Waals surface area contributed by atoms with E-state index in [0.29, 0.717) is 11.8 Å². The summed E-state index contributed by atoms with van der Waals surface area (Å²) < 4.78 is 82.4. The molecular weight excluding hydrogens is 456 g/mol. The molecule has 0 amide bonds. The minimum absolute atomic E-state index is 0.0373. The fourth-order valence-electron chi connectivity index (χ4n) is 3.22. The zero-order valence-corrected chi connectivity index (χ0v) is 17.8. The topological polar surface area (TPSA) is 92.2 Å². The van der Waals surface area contributed by atoms with Crippen LogP contribution in [0.4, 0.5) is 38.1 Å². The van der Waals surface area contributed by atoms with Gasteiger partial charge >= 0.3 is 12.4 Å². The van der Waals surface area contributed by atoms with Gasteiger partial charge in [-0.3, -0.25) is 0 Å². The van der Waals surface area contributed by atoms with Crippen LogP contribution < -0.4 is 15.4 Å². The fourth-order valence-corrected chi connectivity index (χ4v) is 3.22. The lowest BCUT2D eigenvalue weighted by molar-refractivity contribution is -0.140. The van der Waals surface area contributed by atoms with E-state index in [1.54, 1.807) is 19.9 Å². The molecule has 0 aliphatic heterocycles. The molecular formula is C20H23F6N5O2. The number of rotatable bonds is 8. The summed E-state index contributed by atoms with van der Waals surface area (Å²) >= 11 is 0. The van der Waals surface area contributed by atoms with Crippen molar-refractivity contribution in [2.45, 2.75) is 57.7 Å². The Morgan fingerprint density at radius 2 is 1.91 bits per heavy atom. The van der Waals surface area contributed by atoms with Crippen LogP contribution in [-0.2, 0) is 12.7 Å². The molecule has 1 aliphatic rings. The van der Waals surface area contributed by atoms with Crippen molar-refractivity contribution in [2.75, 3.05) is 17.2 Å². The zero-order chi connectivity index (χ0) is 24.4. The number of aliphatic hydroxyl groups is 1. The van der Waals surface area contributed by atoms with Crippen LogP contribution in [0.25, 0.3) is 0 Å². The first kappa shape index (κ1) is 24.8. The van der Waals surface area contributed by atoms with Crippen LogP contribution in [0, 0.1) is 5.41 Å². The van der Waals surface area contributed by atoms with Crippen LogP contribution in [0.1, 0.15) is 37.8 Å². The van der Waals surface area contributed by atoms with Crippen LogP contribution in [0.3, 0.4) is 0 Å². The van der Waals surface area contributed by atoms with Crippen molar-refractivity contribution in [1.29, 1.82) is 0 Å². The monoisotopic (exact) mass is 479 g/mol. The van der Waals surface area contributed by atoms with Crippen molar-refractivity contribution in [3.05, 3.63) is 35.7 Å². The summed E-state index contributed by atoms with van der Waals surface area (Å²) in [6.07, 6.45) is -8.62. The molecule has 0 saturated heterocycles. The predicted molar refractivity (Wildman–Crippen MR) is 107 cm³/mol. The first-order chi connectivity index (χ1) is 15.3. The SMILES string of the molecule is CC1(C)[C@H](O)C[C@@H]1Nc1nc(NCc2cccnc2OCCC(F)(F)F)ncc1C(F)(F)F. The van der Waals surface area contributed by atoms with Gasteiger partial charge in [0.25, 0.3) is 0 Å². The number of aromatic nitrogens is 3. The lowest BCUT2D eigenvalue weighted by Crippen LogP contribution is -2.57. The van der Waals surface area contributed by atoms with Crippen molar-refractivity contribution in [2.24, 2.45) is 5.41 Å². The molecule has 0 bridgehead atoms. The molecule has 13 heteroatoms. The van der Waals surface area contributed by atoms with Gasteiger partial charge < -0.3 is 20.5 Å². The van der Waals surface area contributed by atoms with Crippen molar-refractivity contribution in [1.82, 2.24) is 15.0 Å². The Hall–Kier alpha value is -2.83. The summed E-state index contributed by atoms with van der Waals surface area (Å²) in [7, 11) is 0. The van der Waals surface area contributed by atoms with Gasteiger partial charge in [-0.1, -0.05) is 19.9 Å². The first-order valence-corrected chi connectivity index (χ1v) is 10.0. The quantitative estimate of drug-likeness (QED) is 0.483. The van der Waals surface area contributed by atoms with Crippen molar-refractivity contribution in [3.8, 4) is 5.88 Å². The maximum absolute atomic E-state index is 13.4. The number of hydrogen-bond donors (Lipinski definition) is 3. The van der Waals surface area contributed by atoms with Crippen molar-refractivity contribution in [3.63, 3.8) is 0 Å². The van der Waals surface area contributed by atoms with E-state index in [1.165, 1.54) is 12.3 Å². The second-order valence-electron chi connectivity index (χ2n) is 8.26. The van der Waals surface area contributed by atoms with Gasteiger partial charge in [0.05, 0.1) is 19.1 Å². The van der Waals surface area contributed by atoms with E-state index in [0.717, 1.165) is 0 Å². The van der Waals surface area contributed by atoms with Gasteiger partial charge in [-0.15, -0.1) is 0 Å². The highest BCUT2D eigenvalue weighted by atomic mass is 19.4. The minimum Gasteiger partial charge on any atom is -0.477 e. The molecule has 7 nitrogen and oxygen atoms in total. The molecule has 3 rings (SSSR count). The third kappa shape index (κ3) is 6.15. The maximum atomic E-state index is 13.4. The maximum Gasteiger partial charge on any atom is 0.421 e. The molecule has 3 N–H and O–H groups in total. The Balaban J connectivity index is 1.73. The smallest absolute Gasteiger partial charge is 0.421 e. The summed E-state index contributed by atoms with van der Waals surface area (Å²) in [5.41, 5.74) is -1.32. The molecule has 1 fully saturated rings. The number of hydrogen-bond acceptors (Lipinski definition) is 7. The molecule has 2 heterocycles. The number of nitrogens with zero attached hydrogens (tertiary/aromatic N) is 3. The number of alkyl halides is 6. The molecule has 2 aromatic rings. The van der Waals surface area contributed by atoms with Gasteiger partial charge in [-0.05, 0) is 12.5 Å². The van der Waals surface area contributed by atoms with E-state index in [4.69, 9.17) is 4.74 Å². The van der Waals surface area contributed by atoms with Gasteiger partial charge in [0.15, 0.2) is 0 Å². The molecule has 0 aromatic carbocycles. The Morgan fingerprint density at radius 1 is 1.18 bits per heavy atom. The summed E-state index contributed by atoms with van der Waals surface area (Å²) in [6.45, 7) is 2.79. The Labute approximate surface area is 185 Å². The lowest BCUT2D eigenvalue weighted by Gasteiger charge is -2.49. The second-order valence-corrected chi connectivity index (χ2v) is 8.26. The molecule has 2 atom stereocenters. The highest BCUT2D eigenvalue weighted by Gasteiger charge is 2.48. The van der Waals surface area contributed by atoms with E-state index in [2.05, 4.69) is 25.6 Å². The molecule has 1 saturated carbocycles. The largest absolute Gasteiger partial charge is 0.477 e. The third-order valence-corrected chi connectivity index (χ3v) is 5.53. The molecule has 1 aliphatic carbocycles. The standard InChI is InChI=1S/C20H23F6N5O2/c1-18(2)13(8-14(18)32)30-15-12(20(24,25)26)10-29-17(31-15)28-9-11-4-3-6-27-16(11)33-7-5-19(21,22)23/h3-4,6,10,13-14,32H,5,7-9H2,1-2H3,(H2,28,29,30,31)/t13-,14+/m0/s1. The number of halogens is 6. The Morgan fingerprint density at radius 3 is 2.52 bits per heavy atom. The summed E-state index contributed by atoms with van der Waals surface area (Å²) in [4.78, 5) is 11.6. The summed E-state index contributed by atoms with van der Waals surface area (Å²) in [5.74, 6) is -0.601. The fraction of sp³-hybridized carbons (Fsp3) is 0.550. The van der Waals surface area contributed by atoms with E-state index >= 15 is 0 Å². The van der Waals surface area contributed by atoms with E-state index in [9.17, 15) is 31.4 Å². The minimum atomic E-state index is -4.70. The summed E-state index contributed by atoms with van der Waals surface area (Å²) in [5, 5.41) is 15.4. The predicted octanol–water partition coefficient (Wildman–Crippen LogP) is 4.41. The molecule has 33 heavy (non-hydrogen) atoms. The Bertz CT molecular complexity index is 967. The van der Waals surface area contributed by atoms with Gasteiger partial charge in [0, 0.05) is 36.0 Å². The van der Waals surface area contributed by atoms with Crippen LogP contribution >= 0.6 is 0 Å². The second kappa shape index (κ2) is 9.20. The molecule has 2 aromatic heterocycles. The average molecular weight is 479 g/mol.